The third kappa shape index (κ3) is 3.98. The second kappa shape index (κ2) is 9.03. The lowest BCUT2D eigenvalue weighted by Gasteiger charge is -2.37. The van der Waals surface area contributed by atoms with Crippen LogP contribution in [-0.4, -0.2) is 63.0 Å². The summed E-state index contributed by atoms with van der Waals surface area (Å²) < 4.78 is 7.14. The van der Waals surface area contributed by atoms with Gasteiger partial charge in [-0.15, -0.1) is 4.91 Å². The number of pyridine rings is 1. The van der Waals surface area contributed by atoms with E-state index in [1.165, 1.54) is 5.01 Å². The van der Waals surface area contributed by atoms with E-state index in [-0.39, 0.29) is 18.4 Å². The molecule has 4 N–H and O–H groups in total. The number of aliphatic hydroxyl groups is 4. The molecule has 6 atom stereocenters. The van der Waals surface area contributed by atoms with Gasteiger partial charge in [0.1, 0.15) is 18.3 Å². The Labute approximate surface area is 157 Å². The summed E-state index contributed by atoms with van der Waals surface area (Å²) in [5.41, 5.74) is 0.846. The van der Waals surface area contributed by atoms with E-state index in [9.17, 15) is 25.3 Å². The molecule has 0 radical (unpaired) electrons. The molecule has 3 heterocycles. The molecule has 2 saturated heterocycles. The Morgan fingerprint density at radius 3 is 2.69 bits per heavy atom. The summed E-state index contributed by atoms with van der Waals surface area (Å²) in [5, 5.41) is 44.0. The van der Waals surface area contributed by atoms with E-state index >= 15 is 0 Å². The molecule has 0 aliphatic carbocycles. The van der Waals surface area contributed by atoms with Gasteiger partial charge in [0, 0.05) is 18.2 Å². The highest BCUT2D eigenvalue weighted by atomic mass is 35.5. The molecule has 2 aliphatic rings. The van der Waals surface area contributed by atoms with E-state index in [2.05, 4.69) is 5.29 Å². The van der Waals surface area contributed by atoms with Crippen molar-refractivity contribution in [3.05, 3.63) is 35.0 Å². The molecule has 0 bridgehead atoms. The molecular weight excluding hydrogens is 366 g/mol. The predicted octanol–water partition coefficient (Wildman–Crippen LogP) is -3.84. The Kier molecular flexibility index (Phi) is 7.27. The second-order valence-corrected chi connectivity index (χ2v) is 6.56. The number of nitroso groups, excluding NO2 is 1. The van der Waals surface area contributed by atoms with Gasteiger partial charge >= 0.3 is 0 Å². The largest absolute Gasteiger partial charge is 1.00 e. The zero-order valence-electron chi connectivity index (χ0n) is 14.1. The third-order valence-corrected chi connectivity index (χ3v) is 4.97. The zero-order valence-corrected chi connectivity index (χ0v) is 14.9. The highest BCUT2D eigenvalue weighted by molar-refractivity contribution is 5.12. The minimum atomic E-state index is -1.44. The summed E-state index contributed by atoms with van der Waals surface area (Å²) in [6, 6.07) is 3.48. The quantitative estimate of drug-likeness (QED) is 0.307. The van der Waals surface area contributed by atoms with Crippen molar-refractivity contribution < 1.29 is 42.1 Å². The van der Waals surface area contributed by atoms with Crippen molar-refractivity contribution in [2.45, 2.75) is 55.9 Å². The van der Waals surface area contributed by atoms with Gasteiger partial charge in [-0.2, -0.15) is 4.57 Å². The van der Waals surface area contributed by atoms with Crippen LogP contribution < -0.4 is 17.0 Å². The first-order valence-corrected chi connectivity index (χ1v) is 8.48. The molecule has 2 unspecified atom stereocenters. The van der Waals surface area contributed by atoms with Crippen LogP contribution in [0.1, 0.15) is 37.1 Å². The van der Waals surface area contributed by atoms with E-state index < -0.39 is 37.3 Å². The van der Waals surface area contributed by atoms with Gasteiger partial charge in [0.15, 0.2) is 18.5 Å². The minimum Gasteiger partial charge on any atom is -1.00 e. The van der Waals surface area contributed by atoms with E-state index in [1.807, 2.05) is 6.07 Å². The first-order valence-electron chi connectivity index (χ1n) is 8.48. The van der Waals surface area contributed by atoms with Crippen LogP contribution >= 0.6 is 0 Å². The lowest BCUT2D eigenvalue weighted by molar-refractivity contribution is -0.778. The van der Waals surface area contributed by atoms with Crippen molar-refractivity contribution >= 4 is 0 Å². The monoisotopic (exact) mass is 389 g/mol. The molecule has 0 spiro atoms. The van der Waals surface area contributed by atoms with Gasteiger partial charge in [0.05, 0.1) is 17.9 Å². The van der Waals surface area contributed by atoms with Crippen LogP contribution in [0.15, 0.2) is 29.8 Å². The van der Waals surface area contributed by atoms with Gasteiger partial charge in [0.25, 0.3) is 6.23 Å². The summed E-state index contributed by atoms with van der Waals surface area (Å²) in [6.45, 7) is 0.121. The summed E-state index contributed by atoms with van der Waals surface area (Å²) in [4.78, 5) is 11.1. The number of piperidine rings is 1. The maximum atomic E-state index is 11.1. The number of aliphatic hydroxyl groups excluding tert-OH is 4. The Morgan fingerprint density at radius 2 is 2.00 bits per heavy atom. The standard InChI is InChI=1S/C16H24N3O6.ClH/c20-9-12-13(21)14(22)15(23)16(25-12)18-6-3-4-10(8-18)11-5-1-2-7-19(11)17-24;/h3-4,6,8,11-16,20-23H,1-2,5,7,9H2;1H/q+1;/p-1/t11?,12-,13-,14+,15-,16?;/m1./s1. The fraction of sp³-hybridized carbons (Fsp3) is 0.688. The molecule has 0 aromatic carbocycles. The average molecular weight is 390 g/mol. The normalized spacial score (nSPS) is 34.8. The summed E-state index contributed by atoms with van der Waals surface area (Å²) in [6.07, 6.45) is -0.0110. The van der Waals surface area contributed by atoms with Gasteiger partial charge in [-0.25, -0.2) is 0 Å². The number of hydrogen-bond donors (Lipinski definition) is 4. The molecule has 0 amide bonds. The fourth-order valence-electron chi connectivity index (χ4n) is 3.55. The first kappa shape index (κ1) is 20.9. The number of hydrogen-bond acceptors (Lipinski definition) is 7. The molecule has 1 aromatic rings. The van der Waals surface area contributed by atoms with Gasteiger partial charge in [-0.3, -0.25) is 5.01 Å². The van der Waals surface area contributed by atoms with Crippen LogP contribution in [0.25, 0.3) is 0 Å². The van der Waals surface area contributed by atoms with Crippen LogP contribution in [0.2, 0.25) is 0 Å². The van der Waals surface area contributed by atoms with Crippen molar-refractivity contribution in [1.29, 1.82) is 0 Å². The average Bonchev–Trinajstić information content (AvgIpc) is 2.66. The van der Waals surface area contributed by atoms with Gasteiger partial charge in [0.2, 0.25) is 0 Å². The highest BCUT2D eigenvalue weighted by Gasteiger charge is 2.48. The molecule has 3 rings (SSSR count). The molecule has 26 heavy (non-hydrogen) atoms. The van der Waals surface area contributed by atoms with Crippen LogP contribution in [0, 0.1) is 4.91 Å². The summed E-state index contributed by atoms with van der Waals surface area (Å²) in [5.74, 6) is 0. The van der Waals surface area contributed by atoms with Crippen molar-refractivity contribution in [3.63, 3.8) is 0 Å². The Bertz CT molecular complexity index is 607. The minimum absolute atomic E-state index is 0. The number of nitrogens with zero attached hydrogens (tertiary/aromatic N) is 3. The number of rotatable bonds is 4. The highest BCUT2D eigenvalue weighted by Crippen LogP contribution is 2.31. The van der Waals surface area contributed by atoms with E-state index in [1.54, 1.807) is 23.0 Å². The van der Waals surface area contributed by atoms with E-state index in [0.29, 0.717) is 6.54 Å². The lowest BCUT2D eigenvalue weighted by atomic mass is 9.97. The van der Waals surface area contributed by atoms with Crippen molar-refractivity contribution in [2.24, 2.45) is 5.29 Å². The molecule has 1 aromatic heterocycles. The SMILES string of the molecule is O=NN1CCCCC1c1ccc[n+](C2O[C@H](CO)[C@@H](O)[C@H](O)[C@H]2O)c1.[Cl-]. The van der Waals surface area contributed by atoms with Crippen LogP contribution in [-0.2, 0) is 4.74 Å². The number of halogens is 1. The predicted molar refractivity (Wildman–Crippen MR) is 84.7 cm³/mol. The summed E-state index contributed by atoms with van der Waals surface area (Å²) in [7, 11) is 0. The molecule has 0 saturated carbocycles. The van der Waals surface area contributed by atoms with Gasteiger partial charge < -0.3 is 37.6 Å². The molecule has 10 heteroatoms. The van der Waals surface area contributed by atoms with Crippen molar-refractivity contribution in [2.75, 3.05) is 13.2 Å². The van der Waals surface area contributed by atoms with Gasteiger partial charge in [-0.1, -0.05) is 0 Å². The van der Waals surface area contributed by atoms with E-state index in [4.69, 9.17) is 4.74 Å². The topological polar surface area (TPSA) is 127 Å². The van der Waals surface area contributed by atoms with Crippen LogP contribution in [0.3, 0.4) is 0 Å². The van der Waals surface area contributed by atoms with Crippen LogP contribution in [0.4, 0.5) is 0 Å². The zero-order chi connectivity index (χ0) is 18.0. The molecule has 146 valence electrons. The number of ether oxygens (including phenoxy) is 1. The molecule has 9 nitrogen and oxygen atoms in total. The second-order valence-electron chi connectivity index (χ2n) is 6.56. The third-order valence-electron chi connectivity index (χ3n) is 4.97. The van der Waals surface area contributed by atoms with Crippen molar-refractivity contribution in [3.8, 4) is 0 Å². The molecule has 2 fully saturated rings. The summed E-state index contributed by atoms with van der Waals surface area (Å²) >= 11 is 0. The molecular formula is C16H24ClN3O6. The fourth-order valence-corrected chi connectivity index (χ4v) is 3.55. The Morgan fingerprint density at radius 1 is 1.23 bits per heavy atom. The lowest BCUT2D eigenvalue weighted by Crippen LogP contribution is -3.00. The van der Waals surface area contributed by atoms with Gasteiger partial charge in [-0.05, 0) is 25.3 Å². The Hall–Kier alpha value is -1.36. The maximum absolute atomic E-state index is 11.1. The smallest absolute Gasteiger partial charge is 0.292 e. The first-order chi connectivity index (χ1) is 12.1. The number of aromatic nitrogens is 1. The van der Waals surface area contributed by atoms with Crippen molar-refractivity contribution in [1.82, 2.24) is 5.01 Å². The van der Waals surface area contributed by atoms with E-state index in [0.717, 1.165) is 24.8 Å². The molecule has 2 aliphatic heterocycles. The Balaban J connectivity index is 0.00000243. The van der Waals surface area contributed by atoms with Crippen LogP contribution in [0.5, 0.6) is 0 Å². The maximum Gasteiger partial charge on any atom is 0.292 e.